The van der Waals surface area contributed by atoms with E-state index in [0.717, 1.165) is 33.9 Å². The zero-order valence-electron chi connectivity index (χ0n) is 16.2. The Bertz CT molecular complexity index is 1270. The number of nitrogens with two attached hydrogens (primary N) is 1. The molecule has 2 aromatic heterocycles. The highest BCUT2D eigenvalue weighted by Crippen LogP contribution is 2.27. The number of carbonyl (C=O) groups excluding carboxylic acids is 1. The third-order valence-corrected chi connectivity index (χ3v) is 6.75. The maximum Gasteiger partial charge on any atom is 0.267 e. The summed E-state index contributed by atoms with van der Waals surface area (Å²) in [7, 11) is -3.78. The first-order chi connectivity index (χ1) is 14.2. The van der Waals surface area contributed by atoms with Crippen LogP contribution in [0.15, 0.2) is 65.0 Å². The van der Waals surface area contributed by atoms with Crippen LogP contribution in [0.3, 0.4) is 0 Å². The number of sulfonamides is 1. The number of hydrogen-bond donors (Lipinski definition) is 1. The van der Waals surface area contributed by atoms with Crippen LogP contribution in [0.1, 0.15) is 23.0 Å². The zero-order valence-corrected chi connectivity index (χ0v) is 19.4. The van der Waals surface area contributed by atoms with Crippen molar-refractivity contribution in [1.82, 2.24) is 14.6 Å². The van der Waals surface area contributed by atoms with Gasteiger partial charge in [0.05, 0.1) is 16.2 Å². The van der Waals surface area contributed by atoms with Gasteiger partial charge in [-0.25, -0.2) is 23.1 Å². The first-order valence-corrected chi connectivity index (χ1v) is 12.1. The van der Waals surface area contributed by atoms with Crippen LogP contribution in [-0.4, -0.2) is 33.6 Å². The molecule has 1 atom stereocenters. The standard InChI is InChI=1S/C11H10N4O2S2.C9H9BrO/c1-7-9(8-5-3-2-4-6-8)13-10-15(7)14-11(18-10)19(12,16)17;1-7(10)9(11)8-5-3-2-4-6-8/h2-6H,1H3,(H2,12,16,17);2-7H,1H3. The average molecular weight is 507 g/mol. The molecular weight excluding hydrogens is 488 g/mol. The predicted molar refractivity (Wildman–Crippen MR) is 122 cm³/mol. The second-order valence-corrected chi connectivity index (χ2v) is 10.4. The summed E-state index contributed by atoms with van der Waals surface area (Å²) < 4.78 is 23.9. The van der Waals surface area contributed by atoms with E-state index in [0.29, 0.717) is 4.96 Å². The molecule has 0 bridgehead atoms. The van der Waals surface area contributed by atoms with Crippen molar-refractivity contribution in [3.05, 3.63) is 71.9 Å². The first-order valence-electron chi connectivity index (χ1n) is 8.86. The van der Waals surface area contributed by atoms with Crippen molar-refractivity contribution in [2.45, 2.75) is 23.0 Å². The molecule has 4 rings (SSSR count). The number of imidazole rings is 1. The molecule has 0 fully saturated rings. The molecule has 156 valence electrons. The average Bonchev–Trinajstić information content (AvgIpc) is 3.29. The molecule has 30 heavy (non-hydrogen) atoms. The minimum atomic E-state index is -3.78. The molecule has 1 unspecified atom stereocenters. The normalized spacial score (nSPS) is 12.3. The molecule has 7 nitrogen and oxygen atoms in total. The van der Waals surface area contributed by atoms with E-state index in [1.165, 1.54) is 4.52 Å². The molecule has 10 heteroatoms. The number of aromatic nitrogens is 3. The molecule has 0 aliphatic heterocycles. The van der Waals surface area contributed by atoms with Gasteiger partial charge in [0.2, 0.25) is 9.30 Å². The Balaban J connectivity index is 0.000000199. The molecule has 4 aromatic rings. The fraction of sp³-hybridized carbons (Fsp3) is 0.150. The van der Waals surface area contributed by atoms with E-state index in [-0.39, 0.29) is 15.0 Å². The lowest BCUT2D eigenvalue weighted by molar-refractivity contribution is 0.0996. The molecular formula is C20H19BrN4O3S2. The highest BCUT2D eigenvalue weighted by atomic mass is 79.9. The van der Waals surface area contributed by atoms with Gasteiger partial charge in [0.15, 0.2) is 5.78 Å². The van der Waals surface area contributed by atoms with Gasteiger partial charge in [-0.2, -0.15) is 0 Å². The molecule has 0 spiro atoms. The molecule has 0 radical (unpaired) electrons. The summed E-state index contributed by atoms with van der Waals surface area (Å²) in [5.74, 6) is 0.130. The number of halogens is 1. The van der Waals surface area contributed by atoms with Gasteiger partial charge in [-0.15, -0.1) is 5.10 Å². The van der Waals surface area contributed by atoms with Crippen molar-refractivity contribution < 1.29 is 13.2 Å². The number of alkyl halides is 1. The highest BCUT2D eigenvalue weighted by molar-refractivity contribution is 9.10. The Hall–Kier alpha value is -2.40. The first kappa shape index (κ1) is 22.3. The van der Waals surface area contributed by atoms with Crippen LogP contribution in [0.4, 0.5) is 0 Å². The van der Waals surface area contributed by atoms with Gasteiger partial charge in [0.1, 0.15) is 0 Å². The van der Waals surface area contributed by atoms with Crippen LogP contribution >= 0.6 is 27.3 Å². The van der Waals surface area contributed by atoms with E-state index in [9.17, 15) is 13.2 Å². The molecule has 2 N–H and O–H groups in total. The molecule has 2 aromatic carbocycles. The van der Waals surface area contributed by atoms with Gasteiger partial charge in [0.25, 0.3) is 10.0 Å². The van der Waals surface area contributed by atoms with Gasteiger partial charge in [0, 0.05) is 11.1 Å². The summed E-state index contributed by atoms with van der Waals surface area (Å²) in [5, 5.41) is 9.05. The highest BCUT2D eigenvalue weighted by Gasteiger charge is 2.19. The van der Waals surface area contributed by atoms with Gasteiger partial charge in [-0.1, -0.05) is 87.9 Å². The fourth-order valence-corrected chi connectivity index (χ4v) is 4.48. The second-order valence-electron chi connectivity index (χ2n) is 6.37. The van der Waals surface area contributed by atoms with E-state index in [4.69, 9.17) is 5.14 Å². The van der Waals surface area contributed by atoms with E-state index >= 15 is 0 Å². The monoisotopic (exact) mass is 506 g/mol. The SMILES string of the molecule is CC(Br)C(=O)c1ccccc1.Cc1c(-c2ccccc2)nc2sc(S(N)(=O)=O)nn12. The Morgan fingerprint density at radius 1 is 1.10 bits per heavy atom. The quantitative estimate of drug-likeness (QED) is 0.331. The maximum atomic E-state index is 11.3. The third-order valence-electron chi connectivity index (χ3n) is 4.12. The topological polar surface area (TPSA) is 107 Å². The molecule has 2 heterocycles. The van der Waals surface area contributed by atoms with E-state index in [2.05, 4.69) is 26.0 Å². The zero-order chi connectivity index (χ0) is 21.9. The Kier molecular flexibility index (Phi) is 6.81. The molecule has 0 aliphatic carbocycles. The number of carbonyl (C=O) groups is 1. The third kappa shape index (κ3) is 5.01. The Morgan fingerprint density at radius 3 is 2.17 bits per heavy atom. The van der Waals surface area contributed by atoms with E-state index in [1.807, 2.05) is 74.5 Å². The summed E-state index contributed by atoms with van der Waals surface area (Å²) in [4.78, 5) is 16.1. The van der Waals surface area contributed by atoms with Crippen LogP contribution in [-0.2, 0) is 10.0 Å². The van der Waals surface area contributed by atoms with Crippen molar-refractivity contribution in [2.75, 3.05) is 0 Å². The summed E-state index contributed by atoms with van der Waals surface area (Å²) in [5.41, 5.74) is 3.31. The number of Topliss-reactive ketones (excluding diaryl/α,β-unsaturated/α-hetero) is 1. The van der Waals surface area contributed by atoms with Crippen LogP contribution in [0.2, 0.25) is 0 Å². The summed E-state index contributed by atoms with van der Waals surface area (Å²) in [6, 6.07) is 18.9. The number of primary sulfonamides is 1. The smallest absolute Gasteiger partial charge is 0.267 e. The minimum absolute atomic E-state index is 0.0927. The fourth-order valence-electron chi connectivity index (χ4n) is 2.65. The number of ketones is 1. The Labute approximate surface area is 186 Å². The summed E-state index contributed by atoms with van der Waals surface area (Å²) in [6.07, 6.45) is 0. The van der Waals surface area contributed by atoms with E-state index < -0.39 is 10.0 Å². The minimum Gasteiger partial charge on any atom is -0.293 e. The van der Waals surface area contributed by atoms with Gasteiger partial charge >= 0.3 is 0 Å². The lowest BCUT2D eigenvalue weighted by Crippen LogP contribution is -2.12. The number of aryl methyl sites for hydroxylation is 1. The van der Waals surface area contributed by atoms with Crippen LogP contribution in [0.5, 0.6) is 0 Å². The van der Waals surface area contributed by atoms with Gasteiger partial charge in [-0.3, -0.25) is 4.79 Å². The Morgan fingerprint density at radius 2 is 1.67 bits per heavy atom. The molecule has 0 amide bonds. The number of hydrogen-bond acceptors (Lipinski definition) is 6. The van der Waals surface area contributed by atoms with Crippen molar-refractivity contribution >= 4 is 48.0 Å². The molecule has 0 saturated carbocycles. The van der Waals surface area contributed by atoms with Gasteiger partial charge < -0.3 is 0 Å². The summed E-state index contributed by atoms with van der Waals surface area (Å²) >= 11 is 4.19. The van der Waals surface area contributed by atoms with Crippen molar-refractivity contribution in [1.29, 1.82) is 0 Å². The summed E-state index contributed by atoms with van der Waals surface area (Å²) in [6.45, 7) is 3.67. The molecule has 0 saturated heterocycles. The largest absolute Gasteiger partial charge is 0.293 e. The van der Waals surface area contributed by atoms with Crippen molar-refractivity contribution in [2.24, 2.45) is 5.14 Å². The number of rotatable bonds is 4. The second kappa shape index (κ2) is 9.17. The maximum absolute atomic E-state index is 11.3. The number of benzene rings is 2. The lowest BCUT2D eigenvalue weighted by Gasteiger charge is -2.00. The van der Waals surface area contributed by atoms with E-state index in [1.54, 1.807) is 0 Å². The predicted octanol–water partition coefficient (Wildman–Crippen LogP) is 4.07. The van der Waals surface area contributed by atoms with Crippen LogP contribution < -0.4 is 5.14 Å². The number of fused-ring (bicyclic) bond motifs is 1. The van der Waals surface area contributed by atoms with Gasteiger partial charge in [-0.05, 0) is 13.8 Å². The van der Waals surface area contributed by atoms with Crippen molar-refractivity contribution in [3.63, 3.8) is 0 Å². The number of nitrogens with zero attached hydrogens (tertiary/aromatic N) is 3. The van der Waals surface area contributed by atoms with Crippen LogP contribution in [0.25, 0.3) is 16.2 Å². The lowest BCUT2D eigenvalue weighted by atomic mass is 10.1. The van der Waals surface area contributed by atoms with Crippen LogP contribution in [0, 0.1) is 6.92 Å². The van der Waals surface area contributed by atoms with Crippen molar-refractivity contribution in [3.8, 4) is 11.3 Å². The molecule has 0 aliphatic rings.